The highest BCUT2D eigenvalue weighted by atomic mass is 16.4. The molecule has 0 aliphatic carbocycles. The molecule has 70 valence electrons. The molecule has 1 N–H and O–H groups in total. The molecule has 0 unspecified atom stereocenters. The zero-order valence-electron chi connectivity index (χ0n) is 7.14. The molecular weight excluding hydrogens is 168 g/mol. The molecule has 1 aromatic carbocycles. The molecule has 1 atom stereocenters. The van der Waals surface area contributed by atoms with Gasteiger partial charge in [0.2, 0.25) is 0 Å². The van der Waals surface area contributed by atoms with Gasteiger partial charge < -0.3 is 15.0 Å². The van der Waals surface area contributed by atoms with Crippen molar-refractivity contribution in [1.82, 2.24) is 0 Å². The van der Waals surface area contributed by atoms with Crippen LogP contribution in [0.3, 0.4) is 0 Å². The molecular formula is C10H11O3-. The zero-order valence-corrected chi connectivity index (χ0v) is 7.14. The topological polar surface area (TPSA) is 60.4 Å². The van der Waals surface area contributed by atoms with Gasteiger partial charge in [-0.05, 0) is 18.4 Å². The van der Waals surface area contributed by atoms with Crippen LogP contribution in [0.4, 0.5) is 0 Å². The van der Waals surface area contributed by atoms with Crippen molar-refractivity contribution in [2.75, 3.05) is 0 Å². The lowest BCUT2D eigenvalue weighted by Gasteiger charge is -2.10. The highest BCUT2D eigenvalue weighted by Gasteiger charge is 2.05. The number of carboxylic acids is 1. The quantitative estimate of drug-likeness (QED) is 0.720. The molecule has 0 bridgehead atoms. The maximum Gasteiger partial charge on any atom is 0.0793 e. The summed E-state index contributed by atoms with van der Waals surface area (Å²) in [6.45, 7) is 0. The summed E-state index contributed by atoms with van der Waals surface area (Å²) in [4.78, 5) is 10.1. The van der Waals surface area contributed by atoms with Crippen LogP contribution in [0, 0.1) is 0 Å². The first-order valence-corrected chi connectivity index (χ1v) is 4.13. The summed E-state index contributed by atoms with van der Waals surface area (Å²) in [5, 5.41) is 19.6. The smallest absolute Gasteiger partial charge is 0.0793 e. The summed E-state index contributed by atoms with van der Waals surface area (Å²) < 4.78 is 0. The van der Waals surface area contributed by atoms with E-state index in [2.05, 4.69) is 0 Å². The predicted molar refractivity (Wildman–Crippen MR) is 45.6 cm³/mol. The van der Waals surface area contributed by atoms with Gasteiger partial charge in [0.1, 0.15) is 0 Å². The monoisotopic (exact) mass is 179 g/mol. The van der Waals surface area contributed by atoms with Gasteiger partial charge in [0.25, 0.3) is 0 Å². The molecule has 0 saturated heterocycles. The van der Waals surface area contributed by atoms with E-state index < -0.39 is 12.1 Å². The number of hydrogen-bond donors (Lipinski definition) is 1. The van der Waals surface area contributed by atoms with Gasteiger partial charge in [-0.2, -0.15) is 0 Å². The van der Waals surface area contributed by atoms with Gasteiger partial charge in [-0.1, -0.05) is 30.3 Å². The number of aliphatic hydroxyl groups excluding tert-OH is 1. The van der Waals surface area contributed by atoms with E-state index in [0.717, 1.165) is 5.56 Å². The van der Waals surface area contributed by atoms with Crippen molar-refractivity contribution in [3.05, 3.63) is 35.9 Å². The molecule has 0 amide bonds. The van der Waals surface area contributed by atoms with Crippen molar-refractivity contribution in [2.24, 2.45) is 0 Å². The summed E-state index contributed by atoms with van der Waals surface area (Å²) >= 11 is 0. The van der Waals surface area contributed by atoms with E-state index in [1.165, 1.54) is 0 Å². The van der Waals surface area contributed by atoms with Gasteiger partial charge in [0.15, 0.2) is 0 Å². The summed E-state index contributed by atoms with van der Waals surface area (Å²) in [6.07, 6.45) is -0.623. The zero-order chi connectivity index (χ0) is 9.68. The molecule has 0 spiro atoms. The second kappa shape index (κ2) is 4.62. The molecule has 3 nitrogen and oxygen atoms in total. The minimum atomic E-state index is -1.13. The van der Waals surface area contributed by atoms with Gasteiger partial charge in [-0.25, -0.2) is 0 Å². The first kappa shape index (κ1) is 9.74. The Labute approximate surface area is 76.6 Å². The molecule has 0 aliphatic heterocycles. The molecule has 0 aliphatic rings. The number of rotatable bonds is 4. The Hall–Kier alpha value is -1.35. The Morgan fingerprint density at radius 1 is 1.38 bits per heavy atom. The van der Waals surface area contributed by atoms with Crippen molar-refractivity contribution in [3.8, 4) is 0 Å². The minimum Gasteiger partial charge on any atom is -0.550 e. The summed E-state index contributed by atoms with van der Waals surface area (Å²) in [7, 11) is 0. The standard InChI is InChI=1S/C10H12O3/c11-9(6-7-10(12)13)8-4-2-1-3-5-8/h1-5,9,11H,6-7H2,(H,12,13)/p-1/t9-/m1/s1. The predicted octanol–water partition coefficient (Wildman–Crippen LogP) is 0.250. The molecule has 3 heteroatoms. The van der Waals surface area contributed by atoms with Crippen LogP contribution >= 0.6 is 0 Å². The van der Waals surface area contributed by atoms with Crippen LogP contribution < -0.4 is 5.11 Å². The molecule has 0 radical (unpaired) electrons. The molecule has 13 heavy (non-hydrogen) atoms. The number of aliphatic carboxylic acids is 1. The fourth-order valence-electron chi connectivity index (χ4n) is 1.10. The van der Waals surface area contributed by atoms with E-state index in [9.17, 15) is 15.0 Å². The highest BCUT2D eigenvalue weighted by Crippen LogP contribution is 2.16. The third kappa shape index (κ3) is 3.25. The van der Waals surface area contributed by atoms with Gasteiger partial charge in [0.05, 0.1) is 6.10 Å². The number of carbonyl (C=O) groups is 1. The Morgan fingerprint density at radius 3 is 2.54 bits per heavy atom. The van der Waals surface area contributed by atoms with Crippen molar-refractivity contribution >= 4 is 5.97 Å². The maximum absolute atomic E-state index is 10.1. The summed E-state index contributed by atoms with van der Waals surface area (Å²) in [5.41, 5.74) is 0.740. The van der Waals surface area contributed by atoms with E-state index in [-0.39, 0.29) is 12.8 Å². The van der Waals surface area contributed by atoms with E-state index >= 15 is 0 Å². The Bertz CT molecular complexity index is 269. The first-order valence-electron chi connectivity index (χ1n) is 4.13. The third-order valence-corrected chi connectivity index (χ3v) is 1.81. The number of carboxylic acid groups (broad SMARTS) is 1. The molecule has 1 rings (SSSR count). The molecule has 0 heterocycles. The Balaban J connectivity index is 2.49. The second-order valence-corrected chi connectivity index (χ2v) is 2.84. The van der Waals surface area contributed by atoms with Gasteiger partial charge in [0, 0.05) is 5.97 Å². The number of hydrogen-bond acceptors (Lipinski definition) is 3. The van der Waals surface area contributed by atoms with E-state index in [0.29, 0.717) is 0 Å². The largest absolute Gasteiger partial charge is 0.550 e. The van der Waals surface area contributed by atoms with Crippen LogP contribution in [0.1, 0.15) is 24.5 Å². The second-order valence-electron chi connectivity index (χ2n) is 2.84. The van der Waals surface area contributed by atoms with Crippen LogP contribution in [-0.4, -0.2) is 11.1 Å². The molecule has 0 fully saturated rings. The maximum atomic E-state index is 10.1. The molecule has 0 saturated carbocycles. The average Bonchev–Trinajstić information content (AvgIpc) is 2.15. The Morgan fingerprint density at radius 2 is 2.00 bits per heavy atom. The van der Waals surface area contributed by atoms with Crippen LogP contribution in [0.2, 0.25) is 0 Å². The minimum absolute atomic E-state index is 0.115. The van der Waals surface area contributed by atoms with E-state index in [4.69, 9.17) is 0 Å². The van der Waals surface area contributed by atoms with Crippen LogP contribution in [0.5, 0.6) is 0 Å². The fourth-order valence-corrected chi connectivity index (χ4v) is 1.10. The lowest BCUT2D eigenvalue weighted by atomic mass is 10.1. The van der Waals surface area contributed by atoms with Gasteiger partial charge >= 0.3 is 0 Å². The normalized spacial score (nSPS) is 12.4. The first-order chi connectivity index (χ1) is 6.20. The number of benzene rings is 1. The van der Waals surface area contributed by atoms with Crippen LogP contribution in [-0.2, 0) is 4.79 Å². The van der Waals surface area contributed by atoms with Gasteiger partial charge in [-0.3, -0.25) is 0 Å². The van der Waals surface area contributed by atoms with Crippen molar-refractivity contribution in [2.45, 2.75) is 18.9 Å². The SMILES string of the molecule is O=C([O-])CC[C@@H](O)c1ccccc1. The molecule has 0 aromatic heterocycles. The third-order valence-electron chi connectivity index (χ3n) is 1.81. The van der Waals surface area contributed by atoms with Crippen LogP contribution in [0.15, 0.2) is 30.3 Å². The fraction of sp³-hybridized carbons (Fsp3) is 0.300. The number of aliphatic hydroxyl groups is 1. The lowest BCUT2D eigenvalue weighted by molar-refractivity contribution is -0.306. The Kier molecular flexibility index (Phi) is 3.46. The highest BCUT2D eigenvalue weighted by molar-refractivity contribution is 5.64. The average molecular weight is 179 g/mol. The van der Waals surface area contributed by atoms with E-state index in [1.54, 1.807) is 24.3 Å². The summed E-state index contributed by atoms with van der Waals surface area (Å²) in [5.74, 6) is -1.13. The van der Waals surface area contributed by atoms with Crippen molar-refractivity contribution in [3.63, 3.8) is 0 Å². The van der Waals surface area contributed by atoms with Crippen molar-refractivity contribution in [1.29, 1.82) is 0 Å². The summed E-state index contributed by atoms with van der Waals surface area (Å²) in [6, 6.07) is 8.98. The van der Waals surface area contributed by atoms with Gasteiger partial charge in [-0.15, -0.1) is 0 Å². The van der Waals surface area contributed by atoms with E-state index in [1.807, 2.05) is 6.07 Å². The lowest BCUT2D eigenvalue weighted by Crippen LogP contribution is -2.22. The van der Waals surface area contributed by atoms with Crippen molar-refractivity contribution < 1.29 is 15.0 Å². The van der Waals surface area contributed by atoms with Crippen LogP contribution in [0.25, 0.3) is 0 Å². The number of carbonyl (C=O) groups excluding carboxylic acids is 1. The molecule has 1 aromatic rings.